The Hall–Kier alpha value is -2.21. The summed E-state index contributed by atoms with van der Waals surface area (Å²) >= 11 is 0. The quantitative estimate of drug-likeness (QED) is 0.887. The number of carbonyl (C=O) groups is 1. The van der Waals surface area contributed by atoms with Crippen LogP contribution >= 0.6 is 0 Å². The molecule has 1 amide bonds. The van der Waals surface area contributed by atoms with Crippen molar-refractivity contribution in [1.29, 1.82) is 0 Å². The van der Waals surface area contributed by atoms with E-state index in [0.29, 0.717) is 23.7 Å². The Morgan fingerprint density at radius 3 is 2.77 bits per heavy atom. The number of fused-ring (bicyclic) bond motifs is 1. The number of aromatic amines is 1. The van der Waals surface area contributed by atoms with Crippen molar-refractivity contribution in [3.8, 4) is 11.5 Å². The smallest absolute Gasteiger partial charge is 0.267 e. The molecule has 0 bridgehead atoms. The largest absolute Gasteiger partial charge is 0.493 e. The van der Waals surface area contributed by atoms with Gasteiger partial charge in [-0.1, -0.05) is 0 Å². The molecule has 6 heteroatoms. The zero-order chi connectivity index (χ0) is 15.5. The van der Waals surface area contributed by atoms with E-state index < -0.39 is 0 Å². The summed E-state index contributed by atoms with van der Waals surface area (Å²) in [5, 5.41) is 3.80. The van der Waals surface area contributed by atoms with Crippen LogP contribution in [0, 0.1) is 0 Å². The standard InChI is InChI=1S/C16H20N2O4/c1-20-14-7-10-6-13(18-12(10)8-15(14)21-2)16(19)17-9-11-4-3-5-22-11/h6-8,11,18H,3-5,9H2,1-2H3,(H,17,19). The molecule has 3 rings (SSSR count). The number of H-pyrrole nitrogens is 1. The van der Waals surface area contributed by atoms with Crippen LogP contribution in [0.4, 0.5) is 0 Å². The topological polar surface area (TPSA) is 72.6 Å². The van der Waals surface area contributed by atoms with Gasteiger partial charge in [-0.15, -0.1) is 0 Å². The van der Waals surface area contributed by atoms with Crippen molar-refractivity contribution in [3.05, 3.63) is 23.9 Å². The summed E-state index contributed by atoms with van der Waals surface area (Å²) < 4.78 is 16.0. The van der Waals surface area contributed by atoms with Crippen molar-refractivity contribution in [2.24, 2.45) is 0 Å². The summed E-state index contributed by atoms with van der Waals surface area (Å²) in [6.07, 6.45) is 2.20. The highest BCUT2D eigenvalue weighted by Gasteiger charge is 2.18. The van der Waals surface area contributed by atoms with Crippen LogP contribution in [0.5, 0.6) is 11.5 Å². The zero-order valence-electron chi connectivity index (χ0n) is 12.8. The van der Waals surface area contributed by atoms with Gasteiger partial charge in [-0.2, -0.15) is 0 Å². The Bertz CT molecular complexity index is 633. The number of aromatic nitrogens is 1. The lowest BCUT2D eigenvalue weighted by atomic mass is 10.2. The van der Waals surface area contributed by atoms with E-state index >= 15 is 0 Å². The molecule has 1 aliphatic rings. The number of amides is 1. The monoisotopic (exact) mass is 304 g/mol. The number of hydrogen-bond donors (Lipinski definition) is 2. The van der Waals surface area contributed by atoms with E-state index in [1.165, 1.54) is 0 Å². The van der Waals surface area contributed by atoms with Crippen LogP contribution in [-0.4, -0.2) is 44.4 Å². The van der Waals surface area contributed by atoms with Crippen molar-refractivity contribution >= 4 is 16.8 Å². The molecule has 1 fully saturated rings. The molecular weight excluding hydrogens is 284 g/mol. The van der Waals surface area contributed by atoms with Crippen LogP contribution in [0.2, 0.25) is 0 Å². The second-order valence-corrected chi connectivity index (χ2v) is 5.32. The molecule has 6 nitrogen and oxygen atoms in total. The zero-order valence-corrected chi connectivity index (χ0v) is 12.8. The predicted molar refractivity (Wildman–Crippen MR) is 82.7 cm³/mol. The minimum absolute atomic E-state index is 0.133. The first-order valence-corrected chi connectivity index (χ1v) is 7.36. The molecule has 1 aromatic carbocycles. The third-order valence-corrected chi connectivity index (χ3v) is 3.88. The second kappa shape index (κ2) is 6.27. The maximum Gasteiger partial charge on any atom is 0.267 e. The van der Waals surface area contributed by atoms with Gasteiger partial charge in [0.05, 0.1) is 20.3 Å². The van der Waals surface area contributed by atoms with Crippen LogP contribution in [-0.2, 0) is 4.74 Å². The van der Waals surface area contributed by atoms with E-state index in [1.807, 2.05) is 18.2 Å². The van der Waals surface area contributed by atoms with E-state index in [9.17, 15) is 4.79 Å². The molecule has 1 unspecified atom stereocenters. The summed E-state index contributed by atoms with van der Waals surface area (Å²) in [7, 11) is 3.17. The number of carbonyl (C=O) groups excluding carboxylic acids is 1. The van der Waals surface area contributed by atoms with E-state index in [1.54, 1.807) is 14.2 Å². The fourth-order valence-corrected chi connectivity index (χ4v) is 2.69. The molecule has 0 saturated carbocycles. The van der Waals surface area contributed by atoms with Crippen molar-refractivity contribution < 1.29 is 19.0 Å². The SMILES string of the molecule is COc1cc2cc(C(=O)NCC3CCCO3)[nH]c2cc1OC. The molecular formula is C16H20N2O4. The van der Waals surface area contributed by atoms with Gasteiger partial charge in [0.15, 0.2) is 11.5 Å². The molecule has 1 aliphatic heterocycles. The molecule has 0 spiro atoms. The van der Waals surface area contributed by atoms with Gasteiger partial charge >= 0.3 is 0 Å². The van der Waals surface area contributed by atoms with Crippen molar-refractivity contribution in [2.45, 2.75) is 18.9 Å². The number of methoxy groups -OCH3 is 2. The van der Waals surface area contributed by atoms with Crippen LogP contribution in [0.3, 0.4) is 0 Å². The van der Waals surface area contributed by atoms with Gasteiger partial charge in [-0.3, -0.25) is 4.79 Å². The number of nitrogens with one attached hydrogen (secondary N) is 2. The van der Waals surface area contributed by atoms with Crippen LogP contribution in [0.25, 0.3) is 10.9 Å². The lowest BCUT2D eigenvalue weighted by Crippen LogP contribution is -2.31. The highest BCUT2D eigenvalue weighted by Crippen LogP contribution is 2.32. The molecule has 2 heterocycles. The highest BCUT2D eigenvalue weighted by molar-refractivity contribution is 5.98. The Balaban J connectivity index is 1.77. The first-order chi connectivity index (χ1) is 10.7. The predicted octanol–water partition coefficient (Wildman–Crippen LogP) is 2.09. The highest BCUT2D eigenvalue weighted by atomic mass is 16.5. The molecule has 0 aliphatic carbocycles. The van der Waals surface area contributed by atoms with E-state index in [4.69, 9.17) is 14.2 Å². The van der Waals surface area contributed by atoms with E-state index in [2.05, 4.69) is 10.3 Å². The normalized spacial score (nSPS) is 17.6. The lowest BCUT2D eigenvalue weighted by Gasteiger charge is -2.09. The number of hydrogen-bond acceptors (Lipinski definition) is 4. The summed E-state index contributed by atoms with van der Waals surface area (Å²) in [6, 6.07) is 5.48. The molecule has 0 radical (unpaired) electrons. The Kier molecular flexibility index (Phi) is 4.20. The number of benzene rings is 1. The van der Waals surface area contributed by atoms with Crippen molar-refractivity contribution in [1.82, 2.24) is 10.3 Å². The summed E-state index contributed by atoms with van der Waals surface area (Å²) in [4.78, 5) is 15.3. The molecule has 2 aromatic rings. The van der Waals surface area contributed by atoms with Gasteiger partial charge in [0.2, 0.25) is 0 Å². The Labute approximate surface area is 128 Å². The molecule has 1 atom stereocenters. The van der Waals surface area contributed by atoms with Gasteiger partial charge in [0.1, 0.15) is 5.69 Å². The summed E-state index contributed by atoms with van der Waals surface area (Å²) in [5.74, 6) is 1.13. The minimum Gasteiger partial charge on any atom is -0.493 e. The molecule has 118 valence electrons. The van der Waals surface area contributed by atoms with E-state index in [0.717, 1.165) is 30.4 Å². The van der Waals surface area contributed by atoms with Gasteiger partial charge in [-0.05, 0) is 25.0 Å². The van der Waals surface area contributed by atoms with Crippen molar-refractivity contribution in [3.63, 3.8) is 0 Å². The first-order valence-electron chi connectivity index (χ1n) is 7.36. The average molecular weight is 304 g/mol. The maximum atomic E-state index is 12.2. The van der Waals surface area contributed by atoms with Crippen LogP contribution < -0.4 is 14.8 Å². The molecule has 1 aromatic heterocycles. The first kappa shape index (κ1) is 14.7. The fraction of sp³-hybridized carbons (Fsp3) is 0.438. The van der Waals surface area contributed by atoms with Gasteiger partial charge in [0, 0.05) is 30.1 Å². The van der Waals surface area contributed by atoms with Crippen molar-refractivity contribution in [2.75, 3.05) is 27.4 Å². The lowest BCUT2D eigenvalue weighted by molar-refractivity contribution is 0.0854. The van der Waals surface area contributed by atoms with Crippen LogP contribution in [0.1, 0.15) is 23.3 Å². The fourth-order valence-electron chi connectivity index (χ4n) is 2.69. The Morgan fingerprint density at radius 1 is 1.32 bits per heavy atom. The van der Waals surface area contributed by atoms with Crippen LogP contribution in [0.15, 0.2) is 18.2 Å². The van der Waals surface area contributed by atoms with Gasteiger partial charge < -0.3 is 24.5 Å². The second-order valence-electron chi connectivity index (χ2n) is 5.32. The number of rotatable bonds is 5. The average Bonchev–Trinajstić information content (AvgIpc) is 3.19. The van der Waals surface area contributed by atoms with E-state index in [-0.39, 0.29) is 12.0 Å². The summed E-state index contributed by atoms with van der Waals surface area (Å²) in [6.45, 7) is 1.33. The molecule has 2 N–H and O–H groups in total. The summed E-state index contributed by atoms with van der Waals surface area (Å²) in [5.41, 5.74) is 1.35. The molecule has 1 saturated heterocycles. The minimum atomic E-state index is -0.135. The third-order valence-electron chi connectivity index (χ3n) is 3.88. The Morgan fingerprint density at radius 2 is 2.09 bits per heavy atom. The van der Waals surface area contributed by atoms with Gasteiger partial charge in [-0.25, -0.2) is 0 Å². The molecule has 22 heavy (non-hydrogen) atoms. The van der Waals surface area contributed by atoms with Gasteiger partial charge in [0.25, 0.3) is 5.91 Å². The number of ether oxygens (including phenoxy) is 3. The third kappa shape index (κ3) is 2.87. The maximum absolute atomic E-state index is 12.2.